The molecule has 0 aliphatic heterocycles. The van der Waals surface area contributed by atoms with Gasteiger partial charge in [0.15, 0.2) is 5.71 Å². The predicted octanol–water partition coefficient (Wildman–Crippen LogP) is 1.07. The van der Waals surface area contributed by atoms with Crippen LogP contribution in [-0.2, 0) is 0 Å². The smallest absolute Gasteiger partial charge is 0.196 e. The molecule has 0 aliphatic rings. The van der Waals surface area contributed by atoms with Crippen molar-refractivity contribution in [1.82, 2.24) is 0 Å². The first-order valence-corrected chi connectivity index (χ1v) is 3.42. The minimum Gasteiger partial charge on any atom is -0.410 e. The van der Waals surface area contributed by atoms with Crippen LogP contribution in [0.2, 0.25) is 0 Å². The molecule has 1 radical (unpaired) electrons. The largest absolute Gasteiger partial charge is 0.410 e. The van der Waals surface area contributed by atoms with E-state index in [0.29, 0.717) is 4.88 Å². The molecule has 0 fully saturated rings. The number of hydrogen-bond donors (Lipinski definition) is 1. The number of hydrogen-bond acceptors (Lipinski definition) is 4. The van der Waals surface area contributed by atoms with E-state index in [1.165, 1.54) is 11.3 Å². The second-order valence-electron chi connectivity index (χ2n) is 1.54. The van der Waals surface area contributed by atoms with Crippen LogP contribution in [-0.4, -0.2) is 40.5 Å². The number of rotatable bonds is 1. The van der Waals surface area contributed by atoms with Gasteiger partial charge in [-0.2, -0.15) is 5.26 Å². The van der Waals surface area contributed by atoms with Crippen LogP contribution in [0.15, 0.2) is 22.7 Å². The zero-order valence-corrected chi connectivity index (χ0v) is 8.80. The summed E-state index contributed by atoms with van der Waals surface area (Å²) < 4.78 is 0. The molecule has 3 nitrogen and oxygen atoms in total. The number of nitriles is 1. The van der Waals surface area contributed by atoms with Crippen LogP contribution >= 0.6 is 11.3 Å². The topological polar surface area (TPSA) is 56.4 Å². The van der Waals surface area contributed by atoms with Crippen LogP contribution in [0.1, 0.15) is 4.88 Å². The SMILES string of the molecule is N#CC(=NO)c1cccs1.[Na]. The van der Waals surface area contributed by atoms with E-state index >= 15 is 0 Å². The molecule has 0 atom stereocenters. The third kappa shape index (κ3) is 2.64. The van der Waals surface area contributed by atoms with Gasteiger partial charge in [0.2, 0.25) is 0 Å². The van der Waals surface area contributed by atoms with Crippen LogP contribution < -0.4 is 0 Å². The van der Waals surface area contributed by atoms with E-state index in [0.717, 1.165) is 0 Å². The molecule has 0 amide bonds. The Balaban J connectivity index is 0.000001000. The molecule has 0 aliphatic carbocycles. The van der Waals surface area contributed by atoms with Gasteiger partial charge in [0.25, 0.3) is 0 Å². The van der Waals surface area contributed by atoms with E-state index < -0.39 is 0 Å². The predicted molar refractivity (Wildman–Crippen MR) is 44.0 cm³/mol. The zero-order valence-electron chi connectivity index (χ0n) is 5.98. The Bertz CT molecular complexity index is 275. The maximum Gasteiger partial charge on any atom is 0.196 e. The molecule has 51 valence electrons. The Hall–Kier alpha value is -0.340. The van der Waals surface area contributed by atoms with Crippen molar-refractivity contribution in [2.45, 2.75) is 0 Å². The van der Waals surface area contributed by atoms with Gasteiger partial charge in [0.05, 0.1) is 4.88 Å². The fourth-order valence-corrected chi connectivity index (χ4v) is 1.20. The summed E-state index contributed by atoms with van der Waals surface area (Å²) in [5, 5.41) is 21.3. The molecule has 0 unspecified atom stereocenters. The third-order valence-corrected chi connectivity index (χ3v) is 1.84. The number of oxime groups is 1. The summed E-state index contributed by atoms with van der Waals surface area (Å²) in [6, 6.07) is 5.28. The summed E-state index contributed by atoms with van der Waals surface area (Å²) in [6.07, 6.45) is 0. The first-order chi connectivity index (χ1) is 4.88. The molecule has 11 heavy (non-hydrogen) atoms. The molecule has 1 heterocycles. The van der Waals surface area contributed by atoms with Gasteiger partial charge >= 0.3 is 0 Å². The van der Waals surface area contributed by atoms with Gasteiger partial charge < -0.3 is 5.21 Å². The minimum atomic E-state index is 0. The average Bonchev–Trinajstić information content (AvgIpc) is 2.43. The molecular formula is C6H4N2NaOS. The first kappa shape index (κ1) is 10.7. The van der Waals surface area contributed by atoms with Crippen LogP contribution in [0.5, 0.6) is 0 Å². The van der Waals surface area contributed by atoms with Gasteiger partial charge in [0.1, 0.15) is 6.07 Å². The fraction of sp³-hybridized carbons (Fsp3) is 0. The molecule has 5 heteroatoms. The van der Waals surface area contributed by atoms with Gasteiger partial charge in [-0.3, -0.25) is 0 Å². The van der Waals surface area contributed by atoms with Crippen LogP contribution in [0.25, 0.3) is 0 Å². The minimum absolute atomic E-state index is 0. The van der Waals surface area contributed by atoms with Gasteiger partial charge in [-0.1, -0.05) is 11.2 Å². The monoisotopic (exact) mass is 175 g/mol. The van der Waals surface area contributed by atoms with Gasteiger partial charge in [-0.05, 0) is 11.4 Å². The van der Waals surface area contributed by atoms with Crippen molar-refractivity contribution in [1.29, 1.82) is 5.26 Å². The Morgan fingerprint density at radius 2 is 2.45 bits per heavy atom. The first-order valence-electron chi connectivity index (χ1n) is 2.54. The van der Waals surface area contributed by atoms with Crippen molar-refractivity contribution in [2.24, 2.45) is 5.16 Å². The molecule has 1 N–H and O–H groups in total. The van der Waals surface area contributed by atoms with Crippen molar-refractivity contribution in [2.75, 3.05) is 0 Å². The van der Waals surface area contributed by atoms with E-state index in [2.05, 4.69) is 5.16 Å². The standard InChI is InChI=1S/C6H4N2OS.Na/c7-4-5(8-9)6-2-1-3-10-6;/h1-3,9H;. The molecule has 0 saturated heterocycles. The molecular weight excluding hydrogens is 171 g/mol. The van der Waals surface area contributed by atoms with Crippen molar-refractivity contribution >= 4 is 46.6 Å². The van der Waals surface area contributed by atoms with Gasteiger partial charge in [-0.15, -0.1) is 11.3 Å². The van der Waals surface area contributed by atoms with E-state index in [1.807, 2.05) is 5.38 Å². The zero-order chi connectivity index (χ0) is 7.40. The summed E-state index contributed by atoms with van der Waals surface area (Å²) >= 11 is 1.37. The van der Waals surface area contributed by atoms with E-state index in [4.69, 9.17) is 10.5 Å². The normalized spacial score (nSPS) is 9.91. The summed E-state index contributed by atoms with van der Waals surface area (Å²) in [4.78, 5) is 0.685. The molecule has 0 spiro atoms. The second kappa shape index (κ2) is 5.33. The second-order valence-corrected chi connectivity index (χ2v) is 2.49. The summed E-state index contributed by atoms with van der Waals surface area (Å²) in [5.41, 5.74) is 0.0648. The van der Waals surface area contributed by atoms with E-state index in [1.54, 1.807) is 18.2 Å². The van der Waals surface area contributed by atoms with E-state index in [-0.39, 0.29) is 35.3 Å². The molecule has 1 aromatic heterocycles. The molecule has 1 rings (SSSR count). The summed E-state index contributed by atoms with van der Waals surface area (Å²) in [6.45, 7) is 0. The third-order valence-electron chi connectivity index (χ3n) is 0.960. The van der Waals surface area contributed by atoms with Crippen molar-refractivity contribution in [3.05, 3.63) is 22.4 Å². The van der Waals surface area contributed by atoms with Crippen LogP contribution in [0.3, 0.4) is 0 Å². The average molecular weight is 175 g/mol. The Morgan fingerprint density at radius 1 is 1.73 bits per heavy atom. The Kier molecular flexibility index (Phi) is 5.16. The Labute approximate surface area is 90.3 Å². The molecule has 0 saturated carbocycles. The maximum atomic E-state index is 8.36. The van der Waals surface area contributed by atoms with Crippen LogP contribution in [0, 0.1) is 11.3 Å². The summed E-state index contributed by atoms with van der Waals surface area (Å²) in [7, 11) is 0. The Morgan fingerprint density at radius 3 is 2.82 bits per heavy atom. The van der Waals surface area contributed by atoms with Gasteiger partial charge in [0, 0.05) is 29.6 Å². The number of nitrogens with zero attached hydrogens (tertiary/aromatic N) is 2. The van der Waals surface area contributed by atoms with Crippen molar-refractivity contribution in [3.8, 4) is 6.07 Å². The molecule has 1 aromatic rings. The van der Waals surface area contributed by atoms with Crippen molar-refractivity contribution < 1.29 is 5.21 Å². The number of thiophene rings is 1. The molecule has 0 bridgehead atoms. The van der Waals surface area contributed by atoms with Gasteiger partial charge in [-0.25, -0.2) is 0 Å². The van der Waals surface area contributed by atoms with Crippen molar-refractivity contribution in [3.63, 3.8) is 0 Å². The summed E-state index contributed by atoms with van der Waals surface area (Å²) in [5.74, 6) is 0. The quantitative estimate of drug-likeness (QED) is 0.300. The fourth-order valence-electron chi connectivity index (χ4n) is 0.540. The maximum absolute atomic E-state index is 8.36. The molecule has 0 aromatic carbocycles. The van der Waals surface area contributed by atoms with E-state index in [9.17, 15) is 0 Å². The van der Waals surface area contributed by atoms with Crippen LogP contribution in [0.4, 0.5) is 0 Å².